The Kier molecular flexibility index (Phi) is 5.11. The SMILES string of the molecule is CCOc1ccccc1-c1sc2c(N/N=C/c3cccnc3)ncnc2c1O. The summed E-state index contributed by atoms with van der Waals surface area (Å²) < 4.78 is 6.41. The molecule has 0 amide bonds. The predicted molar refractivity (Wildman–Crippen MR) is 111 cm³/mol. The molecule has 0 fully saturated rings. The first-order valence-corrected chi connectivity index (χ1v) is 9.47. The molecular formula is C20H17N5O2S. The predicted octanol–water partition coefficient (Wildman–Crippen LogP) is 4.30. The molecule has 0 aliphatic carbocycles. The number of hydrogen-bond acceptors (Lipinski definition) is 8. The third-order valence-electron chi connectivity index (χ3n) is 3.95. The number of ether oxygens (including phenoxy) is 1. The highest BCUT2D eigenvalue weighted by Crippen LogP contribution is 2.47. The fourth-order valence-electron chi connectivity index (χ4n) is 2.72. The largest absolute Gasteiger partial charge is 0.504 e. The minimum Gasteiger partial charge on any atom is -0.504 e. The second-order valence-electron chi connectivity index (χ2n) is 5.77. The zero-order valence-electron chi connectivity index (χ0n) is 15.0. The third kappa shape index (κ3) is 3.49. The summed E-state index contributed by atoms with van der Waals surface area (Å²) in [6, 6.07) is 11.3. The number of pyridine rings is 1. The minimum atomic E-state index is 0.105. The number of aromatic nitrogens is 3. The number of thiophene rings is 1. The molecule has 3 aromatic heterocycles. The Morgan fingerprint density at radius 1 is 1.21 bits per heavy atom. The molecule has 0 unspecified atom stereocenters. The van der Waals surface area contributed by atoms with E-state index in [-0.39, 0.29) is 5.75 Å². The van der Waals surface area contributed by atoms with Crippen LogP contribution in [0.15, 0.2) is 60.2 Å². The standard InChI is InChI=1S/C20H17N5O2S/c1-2-27-15-8-4-3-7-14(15)18-17(26)16-19(28-18)20(23-12-22-16)25-24-11-13-6-5-9-21-10-13/h3-12,26H,2H2,1H3,(H,22,23,25)/b24-11+. The first-order chi connectivity index (χ1) is 13.8. The number of nitrogens with zero attached hydrogens (tertiary/aromatic N) is 4. The van der Waals surface area contributed by atoms with E-state index in [4.69, 9.17) is 4.74 Å². The van der Waals surface area contributed by atoms with Crippen molar-refractivity contribution in [3.05, 3.63) is 60.7 Å². The molecule has 4 rings (SSSR count). The summed E-state index contributed by atoms with van der Waals surface area (Å²) in [6.45, 7) is 2.47. The second-order valence-corrected chi connectivity index (χ2v) is 6.79. The van der Waals surface area contributed by atoms with Crippen molar-refractivity contribution in [2.45, 2.75) is 6.92 Å². The minimum absolute atomic E-state index is 0.105. The van der Waals surface area contributed by atoms with Gasteiger partial charge in [-0.1, -0.05) is 18.2 Å². The van der Waals surface area contributed by atoms with E-state index in [2.05, 4.69) is 25.5 Å². The molecule has 1 aromatic carbocycles. The van der Waals surface area contributed by atoms with E-state index in [1.165, 1.54) is 17.7 Å². The zero-order valence-corrected chi connectivity index (χ0v) is 15.8. The Morgan fingerprint density at radius 2 is 2.11 bits per heavy atom. The summed E-state index contributed by atoms with van der Waals surface area (Å²) in [7, 11) is 0. The van der Waals surface area contributed by atoms with Gasteiger partial charge in [0, 0.05) is 23.5 Å². The Hall–Kier alpha value is -3.52. The molecule has 4 aromatic rings. The molecule has 28 heavy (non-hydrogen) atoms. The smallest absolute Gasteiger partial charge is 0.167 e. The van der Waals surface area contributed by atoms with Crippen molar-refractivity contribution in [1.29, 1.82) is 0 Å². The van der Waals surface area contributed by atoms with Crippen LogP contribution < -0.4 is 10.2 Å². The van der Waals surface area contributed by atoms with E-state index in [0.29, 0.717) is 33.3 Å². The van der Waals surface area contributed by atoms with Crippen LogP contribution in [-0.4, -0.2) is 32.9 Å². The maximum Gasteiger partial charge on any atom is 0.167 e. The highest BCUT2D eigenvalue weighted by atomic mass is 32.1. The number of aromatic hydroxyl groups is 1. The maximum absolute atomic E-state index is 10.8. The van der Waals surface area contributed by atoms with E-state index in [1.807, 2.05) is 43.3 Å². The van der Waals surface area contributed by atoms with Crippen molar-refractivity contribution in [3.8, 4) is 21.9 Å². The number of hydrogen-bond donors (Lipinski definition) is 2. The van der Waals surface area contributed by atoms with E-state index in [0.717, 1.165) is 11.1 Å². The first kappa shape index (κ1) is 17.9. The van der Waals surface area contributed by atoms with Crippen molar-refractivity contribution < 1.29 is 9.84 Å². The van der Waals surface area contributed by atoms with Gasteiger partial charge >= 0.3 is 0 Å². The van der Waals surface area contributed by atoms with Gasteiger partial charge in [0.05, 0.1) is 17.7 Å². The molecule has 8 heteroatoms. The van der Waals surface area contributed by atoms with Gasteiger partial charge in [-0.3, -0.25) is 10.4 Å². The van der Waals surface area contributed by atoms with Gasteiger partial charge in [0.1, 0.15) is 22.3 Å². The van der Waals surface area contributed by atoms with Gasteiger partial charge in [-0.25, -0.2) is 9.97 Å². The van der Waals surface area contributed by atoms with Gasteiger partial charge in [-0.2, -0.15) is 5.10 Å². The molecule has 0 aliphatic rings. The lowest BCUT2D eigenvalue weighted by Crippen LogP contribution is -1.94. The van der Waals surface area contributed by atoms with Crippen LogP contribution in [0.3, 0.4) is 0 Å². The lowest BCUT2D eigenvalue weighted by Gasteiger charge is -2.08. The quantitative estimate of drug-likeness (QED) is 0.376. The number of hydrazone groups is 1. The van der Waals surface area contributed by atoms with Gasteiger partial charge in [0.2, 0.25) is 0 Å². The van der Waals surface area contributed by atoms with Gasteiger partial charge < -0.3 is 9.84 Å². The molecule has 0 spiro atoms. The number of nitrogens with one attached hydrogen (secondary N) is 1. The van der Waals surface area contributed by atoms with Gasteiger partial charge in [-0.15, -0.1) is 11.3 Å². The van der Waals surface area contributed by atoms with Crippen molar-refractivity contribution >= 4 is 33.6 Å². The highest BCUT2D eigenvalue weighted by Gasteiger charge is 2.19. The number of anilines is 1. The summed E-state index contributed by atoms with van der Waals surface area (Å²) >= 11 is 1.39. The highest BCUT2D eigenvalue weighted by molar-refractivity contribution is 7.23. The van der Waals surface area contributed by atoms with Crippen molar-refractivity contribution in [2.75, 3.05) is 12.0 Å². The fraction of sp³-hybridized carbons (Fsp3) is 0.100. The average molecular weight is 391 g/mol. The lowest BCUT2D eigenvalue weighted by atomic mass is 10.1. The van der Waals surface area contributed by atoms with Crippen molar-refractivity contribution in [1.82, 2.24) is 15.0 Å². The topological polar surface area (TPSA) is 92.5 Å². The molecule has 140 valence electrons. The van der Waals surface area contributed by atoms with E-state index < -0.39 is 0 Å². The molecule has 0 bridgehead atoms. The Bertz CT molecular complexity index is 1130. The molecule has 3 heterocycles. The molecule has 7 nitrogen and oxygen atoms in total. The van der Waals surface area contributed by atoms with Gasteiger partial charge in [-0.05, 0) is 25.1 Å². The molecule has 0 atom stereocenters. The van der Waals surface area contributed by atoms with Crippen LogP contribution in [0.25, 0.3) is 20.7 Å². The number of rotatable bonds is 6. The first-order valence-electron chi connectivity index (χ1n) is 8.65. The molecule has 0 saturated heterocycles. The van der Waals surface area contributed by atoms with Gasteiger partial charge in [0.15, 0.2) is 11.6 Å². The monoisotopic (exact) mass is 391 g/mol. The van der Waals surface area contributed by atoms with Crippen LogP contribution in [0.4, 0.5) is 5.82 Å². The molecule has 2 N–H and O–H groups in total. The van der Waals surface area contributed by atoms with Crippen LogP contribution in [0.2, 0.25) is 0 Å². The van der Waals surface area contributed by atoms with Crippen molar-refractivity contribution in [2.24, 2.45) is 5.10 Å². The Balaban J connectivity index is 1.72. The fourth-order valence-corrected chi connectivity index (χ4v) is 3.83. The number of para-hydroxylation sites is 1. The Labute approximate surface area is 165 Å². The lowest BCUT2D eigenvalue weighted by molar-refractivity contribution is 0.341. The van der Waals surface area contributed by atoms with Crippen LogP contribution in [-0.2, 0) is 0 Å². The number of benzene rings is 1. The summed E-state index contributed by atoms with van der Waals surface area (Å²) in [6.07, 6.45) is 6.46. The molecule has 0 radical (unpaired) electrons. The zero-order chi connectivity index (χ0) is 19.3. The Morgan fingerprint density at radius 3 is 2.93 bits per heavy atom. The second kappa shape index (κ2) is 8.01. The molecule has 0 aliphatic heterocycles. The van der Waals surface area contributed by atoms with Crippen molar-refractivity contribution in [3.63, 3.8) is 0 Å². The van der Waals surface area contributed by atoms with E-state index in [9.17, 15) is 5.11 Å². The van der Waals surface area contributed by atoms with Crippen LogP contribution in [0.5, 0.6) is 11.5 Å². The third-order valence-corrected chi connectivity index (χ3v) is 5.16. The van der Waals surface area contributed by atoms with Crippen LogP contribution in [0, 0.1) is 0 Å². The number of fused-ring (bicyclic) bond motifs is 1. The molecule has 0 saturated carbocycles. The maximum atomic E-state index is 10.8. The normalized spacial score (nSPS) is 11.2. The molecular weight excluding hydrogens is 374 g/mol. The summed E-state index contributed by atoms with van der Waals surface area (Å²) in [5, 5.41) is 15.0. The average Bonchev–Trinajstić information content (AvgIpc) is 3.07. The van der Waals surface area contributed by atoms with Crippen LogP contribution >= 0.6 is 11.3 Å². The van der Waals surface area contributed by atoms with E-state index in [1.54, 1.807) is 18.6 Å². The summed E-state index contributed by atoms with van der Waals surface area (Å²) in [4.78, 5) is 13.2. The summed E-state index contributed by atoms with van der Waals surface area (Å²) in [5.74, 6) is 1.34. The summed E-state index contributed by atoms with van der Waals surface area (Å²) in [5.41, 5.74) is 5.08. The van der Waals surface area contributed by atoms with Crippen LogP contribution in [0.1, 0.15) is 12.5 Å². The van der Waals surface area contributed by atoms with Gasteiger partial charge in [0.25, 0.3) is 0 Å². The van der Waals surface area contributed by atoms with E-state index >= 15 is 0 Å².